The van der Waals surface area contributed by atoms with E-state index in [4.69, 9.17) is 10.5 Å². The number of nitrogens with zero attached hydrogens (tertiary/aromatic N) is 1. The lowest BCUT2D eigenvalue weighted by atomic mass is 10.1. The van der Waals surface area contributed by atoms with E-state index in [1.165, 1.54) is 0 Å². The molecule has 110 valence electrons. The van der Waals surface area contributed by atoms with Gasteiger partial charge in [0.05, 0.1) is 19.3 Å². The molecule has 0 saturated carbocycles. The summed E-state index contributed by atoms with van der Waals surface area (Å²) < 4.78 is 5.51. The number of nitrogens with two attached hydrogens (primary N) is 1. The Kier molecular flexibility index (Phi) is 6.20. The molecule has 0 spiro atoms. The summed E-state index contributed by atoms with van der Waals surface area (Å²) in [5.41, 5.74) is 5.78. The van der Waals surface area contributed by atoms with Gasteiger partial charge in [-0.15, -0.1) is 0 Å². The Morgan fingerprint density at radius 2 is 2.11 bits per heavy atom. The standard InChI is InChI=1S/C12H24N4O3/c1-8(2)14-12(18)15-11(17)7-16-4-5-19-10(6-16)9(3)13/h8-10H,4-7,13H2,1-3H3,(H2,14,15,17,18). The second kappa shape index (κ2) is 7.42. The second-order valence-electron chi connectivity index (χ2n) is 5.18. The van der Waals surface area contributed by atoms with Gasteiger partial charge in [0, 0.05) is 25.2 Å². The van der Waals surface area contributed by atoms with Crippen molar-refractivity contribution in [2.45, 2.75) is 39.0 Å². The fourth-order valence-corrected chi connectivity index (χ4v) is 1.86. The summed E-state index contributed by atoms with van der Waals surface area (Å²) >= 11 is 0. The molecule has 4 N–H and O–H groups in total. The third-order valence-electron chi connectivity index (χ3n) is 2.80. The Morgan fingerprint density at radius 1 is 1.42 bits per heavy atom. The molecule has 0 aliphatic carbocycles. The van der Waals surface area contributed by atoms with Gasteiger partial charge in [0.25, 0.3) is 0 Å². The lowest BCUT2D eigenvalue weighted by Gasteiger charge is -2.34. The third-order valence-corrected chi connectivity index (χ3v) is 2.80. The minimum atomic E-state index is -0.461. The first-order valence-electron chi connectivity index (χ1n) is 6.58. The summed E-state index contributed by atoms with van der Waals surface area (Å²) in [5, 5.41) is 4.90. The van der Waals surface area contributed by atoms with Crippen LogP contribution >= 0.6 is 0 Å². The van der Waals surface area contributed by atoms with Crippen molar-refractivity contribution in [1.82, 2.24) is 15.5 Å². The monoisotopic (exact) mass is 272 g/mol. The van der Waals surface area contributed by atoms with E-state index in [1.54, 1.807) is 0 Å². The summed E-state index contributed by atoms with van der Waals surface area (Å²) in [6.45, 7) is 7.55. The van der Waals surface area contributed by atoms with Crippen LogP contribution in [0.25, 0.3) is 0 Å². The second-order valence-corrected chi connectivity index (χ2v) is 5.18. The highest BCUT2D eigenvalue weighted by atomic mass is 16.5. The van der Waals surface area contributed by atoms with Crippen molar-refractivity contribution in [3.05, 3.63) is 0 Å². The van der Waals surface area contributed by atoms with Crippen LogP contribution in [0, 0.1) is 0 Å². The largest absolute Gasteiger partial charge is 0.374 e. The minimum absolute atomic E-state index is 0.00124. The number of nitrogens with one attached hydrogen (secondary N) is 2. The predicted molar refractivity (Wildman–Crippen MR) is 71.6 cm³/mol. The lowest BCUT2D eigenvalue weighted by molar-refractivity contribution is -0.123. The average Bonchev–Trinajstić information content (AvgIpc) is 2.27. The summed E-state index contributed by atoms with van der Waals surface area (Å²) in [5.74, 6) is -0.316. The van der Waals surface area contributed by atoms with Crippen molar-refractivity contribution in [2.24, 2.45) is 5.73 Å². The van der Waals surface area contributed by atoms with Crippen LogP contribution < -0.4 is 16.4 Å². The molecule has 7 heteroatoms. The Hall–Kier alpha value is -1.18. The molecule has 1 aliphatic rings. The Bertz CT molecular complexity index is 320. The molecule has 0 aromatic rings. The molecule has 3 amide bonds. The molecule has 1 saturated heterocycles. The zero-order chi connectivity index (χ0) is 14.4. The first kappa shape index (κ1) is 15.9. The number of urea groups is 1. The Morgan fingerprint density at radius 3 is 2.68 bits per heavy atom. The number of carbonyl (C=O) groups is 2. The Labute approximate surface area is 113 Å². The third kappa shape index (κ3) is 6.00. The molecule has 0 radical (unpaired) electrons. The van der Waals surface area contributed by atoms with Crippen LogP contribution in [0.5, 0.6) is 0 Å². The number of amides is 3. The van der Waals surface area contributed by atoms with Crippen molar-refractivity contribution in [1.29, 1.82) is 0 Å². The molecule has 7 nitrogen and oxygen atoms in total. The van der Waals surface area contributed by atoms with Crippen LogP contribution in [0.15, 0.2) is 0 Å². The van der Waals surface area contributed by atoms with Gasteiger partial charge >= 0.3 is 6.03 Å². The van der Waals surface area contributed by atoms with E-state index in [0.29, 0.717) is 19.7 Å². The van der Waals surface area contributed by atoms with Crippen LogP contribution in [0.2, 0.25) is 0 Å². The topological polar surface area (TPSA) is 96.7 Å². The van der Waals surface area contributed by atoms with E-state index < -0.39 is 6.03 Å². The van der Waals surface area contributed by atoms with Gasteiger partial charge in [-0.3, -0.25) is 15.0 Å². The highest BCUT2D eigenvalue weighted by Crippen LogP contribution is 2.07. The first-order valence-corrected chi connectivity index (χ1v) is 6.58. The highest BCUT2D eigenvalue weighted by molar-refractivity contribution is 5.95. The average molecular weight is 272 g/mol. The van der Waals surface area contributed by atoms with Crippen LogP contribution in [-0.4, -0.2) is 61.3 Å². The smallest absolute Gasteiger partial charge is 0.321 e. The SMILES string of the molecule is CC(C)NC(=O)NC(=O)CN1CCOC(C(C)N)C1. The molecular weight excluding hydrogens is 248 g/mol. The van der Waals surface area contributed by atoms with Crippen LogP contribution in [0.3, 0.4) is 0 Å². The first-order chi connectivity index (χ1) is 8.88. The van der Waals surface area contributed by atoms with E-state index in [1.807, 2.05) is 25.7 Å². The molecule has 0 aromatic heterocycles. The zero-order valence-corrected chi connectivity index (χ0v) is 11.8. The molecular formula is C12H24N4O3. The van der Waals surface area contributed by atoms with E-state index in [0.717, 1.165) is 0 Å². The molecule has 0 bridgehead atoms. The van der Waals surface area contributed by atoms with Crippen molar-refractivity contribution >= 4 is 11.9 Å². The van der Waals surface area contributed by atoms with Crippen molar-refractivity contribution < 1.29 is 14.3 Å². The number of imide groups is 1. The van der Waals surface area contributed by atoms with Crippen molar-refractivity contribution in [3.63, 3.8) is 0 Å². The van der Waals surface area contributed by atoms with Gasteiger partial charge in [-0.2, -0.15) is 0 Å². The fraction of sp³-hybridized carbons (Fsp3) is 0.833. The number of rotatable bonds is 4. The maximum Gasteiger partial charge on any atom is 0.321 e. The summed E-state index contributed by atoms with van der Waals surface area (Å²) in [4.78, 5) is 25.0. The van der Waals surface area contributed by atoms with Crippen LogP contribution in [-0.2, 0) is 9.53 Å². The highest BCUT2D eigenvalue weighted by Gasteiger charge is 2.25. The molecule has 1 aliphatic heterocycles. The number of ether oxygens (including phenoxy) is 1. The summed E-state index contributed by atoms with van der Waals surface area (Å²) in [6, 6.07) is -0.536. The maximum absolute atomic E-state index is 11.7. The van der Waals surface area contributed by atoms with Gasteiger partial charge in [0.1, 0.15) is 0 Å². The van der Waals surface area contributed by atoms with Crippen LogP contribution in [0.4, 0.5) is 4.79 Å². The number of hydrogen-bond donors (Lipinski definition) is 3. The van der Waals surface area contributed by atoms with Gasteiger partial charge in [-0.25, -0.2) is 4.79 Å². The van der Waals surface area contributed by atoms with E-state index in [-0.39, 0.29) is 30.6 Å². The minimum Gasteiger partial charge on any atom is -0.374 e. The van der Waals surface area contributed by atoms with Crippen LogP contribution in [0.1, 0.15) is 20.8 Å². The van der Waals surface area contributed by atoms with E-state index >= 15 is 0 Å². The lowest BCUT2D eigenvalue weighted by Crippen LogP contribution is -2.53. The number of hydrogen-bond acceptors (Lipinski definition) is 5. The van der Waals surface area contributed by atoms with Gasteiger partial charge in [-0.1, -0.05) is 0 Å². The van der Waals surface area contributed by atoms with Gasteiger partial charge in [0.2, 0.25) is 5.91 Å². The van der Waals surface area contributed by atoms with E-state index in [2.05, 4.69) is 10.6 Å². The number of morpholine rings is 1. The summed E-state index contributed by atoms with van der Waals surface area (Å²) in [7, 11) is 0. The van der Waals surface area contributed by atoms with Gasteiger partial charge in [0.15, 0.2) is 0 Å². The molecule has 1 fully saturated rings. The summed E-state index contributed by atoms with van der Waals surface area (Å²) in [6.07, 6.45) is -0.0639. The Balaban J connectivity index is 2.33. The molecule has 19 heavy (non-hydrogen) atoms. The van der Waals surface area contributed by atoms with Crippen molar-refractivity contribution in [2.75, 3.05) is 26.2 Å². The van der Waals surface area contributed by atoms with E-state index in [9.17, 15) is 9.59 Å². The zero-order valence-electron chi connectivity index (χ0n) is 11.8. The van der Waals surface area contributed by atoms with Crippen molar-refractivity contribution in [3.8, 4) is 0 Å². The molecule has 1 heterocycles. The maximum atomic E-state index is 11.7. The van der Waals surface area contributed by atoms with Gasteiger partial charge < -0.3 is 15.8 Å². The molecule has 2 atom stereocenters. The molecule has 0 aromatic carbocycles. The fourth-order valence-electron chi connectivity index (χ4n) is 1.86. The normalized spacial score (nSPS) is 22.1. The molecule has 2 unspecified atom stereocenters. The quantitative estimate of drug-likeness (QED) is 0.627. The molecule has 1 rings (SSSR count). The number of carbonyl (C=O) groups excluding carboxylic acids is 2. The predicted octanol–water partition coefficient (Wildman–Crippen LogP) is -0.731. The van der Waals surface area contributed by atoms with Gasteiger partial charge in [-0.05, 0) is 20.8 Å².